The maximum Gasteiger partial charge on any atom is 0.233 e. The molecule has 1 atom stereocenters. The van der Waals surface area contributed by atoms with Crippen LogP contribution in [0.1, 0.15) is 37.5 Å². The summed E-state index contributed by atoms with van der Waals surface area (Å²) in [6, 6.07) is 8.03. The van der Waals surface area contributed by atoms with Crippen LogP contribution in [-0.4, -0.2) is 16.7 Å². The molecule has 0 bridgehead atoms. The molecule has 0 aliphatic carbocycles. The highest BCUT2D eigenvalue weighted by Crippen LogP contribution is 2.25. The summed E-state index contributed by atoms with van der Waals surface area (Å²) in [5.74, 6) is 1.31. The molecule has 102 valence electrons. The monoisotopic (exact) mass is 323 g/mol. The van der Waals surface area contributed by atoms with Gasteiger partial charge in [-0.2, -0.15) is 4.98 Å². The van der Waals surface area contributed by atoms with E-state index >= 15 is 0 Å². The number of halogens is 1. The SMILES string of the molecule is CCC(C)(CN)c1nc(Cc2ccccc2Br)no1. The minimum Gasteiger partial charge on any atom is -0.339 e. The second kappa shape index (κ2) is 5.84. The number of hydrogen-bond donors (Lipinski definition) is 1. The Kier molecular flexibility index (Phi) is 4.37. The van der Waals surface area contributed by atoms with E-state index in [4.69, 9.17) is 10.3 Å². The van der Waals surface area contributed by atoms with Crippen LogP contribution in [0.2, 0.25) is 0 Å². The average molecular weight is 324 g/mol. The third-order valence-electron chi connectivity index (χ3n) is 3.52. The molecule has 1 aromatic heterocycles. The van der Waals surface area contributed by atoms with E-state index in [2.05, 4.69) is 33.0 Å². The quantitative estimate of drug-likeness (QED) is 0.918. The van der Waals surface area contributed by atoms with Gasteiger partial charge in [0.15, 0.2) is 5.82 Å². The second-order valence-corrected chi connectivity index (χ2v) is 5.76. The summed E-state index contributed by atoms with van der Waals surface area (Å²) in [4.78, 5) is 4.48. The first-order valence-electron chi connectivity index (χ1n) is 6.35. The van der Waals surface area contributed by atoms with Crippen molar-refractivity contribution in [3.8, 4) is 0 Å². The van der Waals surface area contributed by atoms with Gasteiger partial charge in [0.05, 0.1) is 5.41 Å². The Bertz CT molecular complexity index is 549. The Morgan fingerprint density at radius 2 is 2.11 bits per heavy atom. The van der Waals surface area contributed by atoms with Gasteiger partial charge in [0, 0.05) is 17.4 Å². The Labute approximate surface area is 121 Å². The van der Waals surface area contributed by atoms with Gasteiger partial charge < -0.3 is 10.3 Å². The maximum absolute atomic E-state index is 5.80. The van der Waals surface area contributed by atoms with Crippen LogP contribution in [-0.2, 0) is 11.8 Å². The van der Waals surface area contributed by atoms with Gasteiger partial charge >= 0.3 is 0 Å². The van der Waals surface area contributed by atoms with E-state index in [-0.39, 0.29) is 5.41 Å². The number of nitrogens with two attached hydrogens (primary N) is 1. The Balaban J connectivity index is 2.21. The van der Waals surface area contributed by atoms with Crippen LogP contribution < -0.4 is 5.73 Å². The molecule has 0 radical (unpaired) electrons. The number of nitrogens with zero attached hydrogens (tertiary/aromatic N) is 2. The fourth-order valence-corrected chi connectivity index (χ4v) is 2.19. The number of hydrogen-bond acceptors (Lipinski definition) is 4. The van der Waals surface area contributed by atoms with E-state index in [1.807, 2.05) is 31.2 Å². The van der Waals surface area contributed by atoms with E-state index in [0.29, 0.717) is 24.7 Å². The zero-order valence-corrected chi connectivity index (χ0v) is 12.8. The van der Waals surface area contributed by atoms with Gasteiger partial charge in [-0.25, -0.2) is 0 Å². The molecule has 2 aromatic rings. The van der Waals surface area contributed by atoms with Crippen LogP contribution in [0.25, 0.3) is 0 Å². The van der Waals surface area contributed by atoms with Gasteiger partial charge in [0.2, 0.25) is 5.89 Å². The van der Waals surface area contributed by atoms with Gasteiger partial charge in [0.1, 0.15) is 0 Å². The molecule has 0 spiro atoms. The first kappa shape index (κ1) is 14.2. The Morgan fingerprint density at radius 1 is 1.37 bits per heavy atom. The predicted octanol–water partition coefficient (Wildman–Crippen LogP) is 3.05. The van der Waals surface area contributed by atoms with Crippen LogP contribution in [0.15, 0.2) is 33.3 Å². The summed E-state index contributed by atoms with van der Waals surface area (Å²) in [6.45, 7) is 4.62. The summed E-state index contributed by atoms with van der Waals surface area (Å²) in [6.07, 6.45) is 1.52. The third-order valence-corrected chi connectivity index (χ3v) is 4.30. The molecule has 0 saturated heterocycles. The summed E-state index contributed by atoms with van der Waals surface area (Å²) in [5.41, 5.74) is 6.70. The Morgan fingerprint density at radius 3 is 2.74 bits per heavy atom. The molecule has 1 heterocycles. The van der Waals surface area contributed by atoms with Crippen LogP contribution in [0.4, 0.5) is 0 Å². The molecule has 19 heavy (non-hydrogen) atoms. The smallest absolute Gasteiger partial charge is 0.233 e. The van der Waals surface area contributed by atoms with Gasteiger partial charge in [-0.1, -0.05) is 46.2 Å². The topological polar surface area (TPSA) is 64.9 Å². The molecule has 0 amide bonds. The molecule has 0 aliphatic heterocycles. The largest absolute Gasteiger partial charge is 0.339 e. The summed E-state index contributed by atoms with van der Waals surface area (Å²) >= 11 is 3.52. The van der Waals surface area contributed by atoms with Crippen molar-refractivity contribution < 1.29 is 4.52 Å². The van der Waals surface area contributed by atoms with Crippen molar-refractivity contribution in [2.24, 2.45) is 5.73 Å². The van der Waals surface area contributed by atoms with Gasteiger partial charge in [-0.05, 0) is 25.0 Å². The van der Waals surface area contributed by atoms with E-state index in [0.717, 1.165) is 16.5 Å². The zero-order valence-electron chi connectivity index (χ0n) is 11.2. The predicted molar refractivity (Wildman–Crippen MR) is 77.9 cm³/mol. The van der Waals surface area contributed by atoms with Crippen molar-refractivity contribution in [3.05, 3.63) is 46.0 Å². The first-order chi connectivity index (χ1) is 9.09. The summed E-state index contributed by atoms with van der Waals surface area (Å²) in [7, 11) is 0. The lowest BCUT2D eigenvalue weighted by atomic mass is 9.88. The van der Waals surface area contributed by atoms with Crippen molar-refractivity contribution in [1.29, 1.82) is 0 Å². The molecule has 5 heteroatoms. The zero-order chi connectivity index (χ0) is 13.9. The maximum atomic E-state index is 5.80. The highest BCUT2D eigenvalue weighted by atomic mass is 79.9. The van der Waals surface area contributed by atoms with Crippen molar-refractivity contribution in [3.63, 3.8) is 0 Å². The fraction of sp³-hybridized carbons (Fsp3) is 0.429. The molecule has 0 saturated carbocycles. The van der Waals surface area contributed by atoms with Gasteiger partial charge in [-0.3, -0.25) is 0 Å². The van der Waals surface area contributed by atoms with Gasteiger partial charge in [0.25, 0.3) is 0 Å². The summed E-state index contributed by atoms with van der Waals surface area (Å²) in [5, 5.41) is 4.05. The van der Waals surface area contributed by atoms with Crippen LogP contribution in [0.3, 0.4) is 0 Å². The molecule has 2 rings (SSSR count). The molecule has 2 N–H and O–H groups in total. The minimum atomic E-state index is -0.237. The molecular formula is C14H18BrN3O. The highest BCUT2D eigenvalue weighted by Gasteiger charge is 2.29. The number of aromatic nitrogens is 2. The molecule has 0 fully saturated rings. The molecule has 1 unspecified atom stereocenters. The third kappa shape index (κ3) is 3.04. The van der Waals surface area contributed by atoms with E-state index in [1.54, 1.807) is 0 Å². The first-order valence-corrected chi connectivity index (χ1v) is 7.15. The van der Waals surface area contributed by atoms with Crippen molar-refractivity contribution >= 4 is 15.9 Å². The number of rotatable bonds is 5. The van der Waals surface area contributed by atoms with Gasteiger partial charge in [-0.15, -0.1) is 0 Å². The van der Waals surface area contributed by atoms with E-state index in [1.165, 1.54) is 0 Å². The average Bonchev–Trinajstić information content (AvgIpc) is 2.90. The fourth-order valence-electron chi connectivity index (χ4n) is 1.77. The second-order valence-electron chi connectivity index (χ2n) is 4.90. The Hall–Kier alpha value is -1.20. The van der Waals surface area contributed by atoms with Crippen LogP contribution in [0, 0.1) is 0 Å². The minimum absolute atomic E-state index is 0.237. The molecule has 4 nitrogen and oxygen atoms in total. The highest BCUT2D eigenvalue weighted by molar-refractivity contribution is 9.10. The summed E-state index contributed by atoms with van der Waals surface area (Å²) < 4.78 is 6.42. The lowest BCUT2D eigenvalue weighted by Crippen LogP contribution is -2.31. The van der Waals surface area contributed by atoms with E-state index < -0.39 is 0 Å². The molecular weight excluding hydrogens is 306 g/mol. The molecule has 1 aromatic carbocycles. The van der Waals surface area contributed by atoms with Crippen molar-refractivity contribution in [2.75, 3.05) is 6.54 Å². The normalized spacial score (nSPS) is 14.3. The standard InChI is InChI=1S/C14H18BrN3O/c1-3-14(2,9-16)13-17-12(18-19-13)8-10-6-4-5-7-11(10)15/h4-7H,3,8-9,16H2,1-2H3. The van der Waals surface area contributed by atoms with Crippen molar-refractivity contribution in [1.82, 2.24) is 10.1 Å². The van der Waals surface area contributed by atoms with Crippen LogP contribution in [0.5, 0.6) is 0 Å². The lowest BCUT2D eigenvalue weighted by Gasteiger charge is -2.20. The van der Waals surface area contributed by atoms with E-state index in [9.17, 15) is 0 Å². The van der Waals surface area contributed by atoms with Crippen molar-refractivity contribution in [2.45, 2.75) is 32.1 Å². The lowest BCUT2D eigenvalue weighted by molar-refractivity contribution is 0.289. The van der Waals surface area contributed by atoms with Crippen LogP contribution >= 0.6 is 15.9 Å². The number of benzene rings is 1. The molecule has 0 aliphatic rings.